The average Bonchev–Trinajstić information content (AvgIpc) is 2.88. The first kappa shape index (κ1) is 12.5. The molecule has 3 nitrogen and oxygen atoms in total. The van der Waals surface area contributed by atoms with E-state index in [0.717, 1.165) is 22.6 Å². The summed E-state index contributed by atoms with van der Waals surface area (Å²) < 4.78 is 8.08. The molecular weight excluding hydrogens is 248 g/mol. The van der Waals surface area contributed by atoms with Gasteiger partial charge in [-0.3, -0.25) is 0 Å². The van der Waals surface area contributed by atoms with E-state index in [1.807, 2.05) is 56.6 Å². The van der Waals surface area contributed by atoms with Crippen molar-refractivity contribution in [2.75, 3.05) is 0 Å². The maximum atomic E-state index is 5.99. The van der Waals surface area contributed by atoms with Crippen molar-refractivity contribution in [3.05, 3.63) is 66.5 Å². The smallest absolute Gasteiger partial charge is 0.219 e. The minimum absolute atomic E-state index is 0.609. The molecule has 0 fully saturated rings. The molecule has 20 heavy (non-hydrogen) atoms. The van der Waals surface area contributed by atoms with E-state index in [1.54, 1.807) is 6.20 Å². The van der Waals surface area contributed by atoms with E-state index in [-0.39, 0.29) is 0 Å². The molecular formula is C17H16N2O. The lowest BCUT2D eigenvalue weighted by atomic mass is 10.1. The van der Waals surface area contributed by atoms with Crippen LogP contribution in [-0.4, -0.2) is 9.55 Å². The van der Waals surface area contributed by atoms with Crippen molar-refractivity contribution < 1.29 is 4.74 Å². The fraction of sp³-hybridized carbons (Fsp3) is 0.118. The number of benzene rings is 1. The Morgan fingerprint density at radius 1 is 1.00 bits per heavy atom. The zero-order valence-electron chi connectivity index (χ0n) is 11.6. The summed E-state index contributed by atoms with van der Waals surface area (Å²) in [6.45, 7) is 2.05. The summed E-state index contributed by atoms with van der Waals surface area (Å²) in [5.74, 6) is 1.46. The molecule has 0 aliphatic heterocycles. The fourth-order valence-corrected chi connectivity index (χ4v) is 2.24. The van der Waals surface area contributed by atoms with Crippen LogP contribution in [0.1, 0.15) is 5.56 Å². The minimum atomic E-state index is 0.609. The Kier molecular flexibility index (Phi) is 3.25. The third kappa shape index (κ3) is 2.30. The summed E-state index contributed by atoms with van der Waals surface area (Å²) in [6.07, 6.45) is 3.76. The van der Waals surface area contributed by atoms with Crippen LogP contribution in [0.5, 0.6) is 11.6 Å². The molecule has 0 amide bonds. The predicted octanol–water partition coefficient (Wildman–Crippen LogP) is 4.19. The summed E-state index contributed by atoms with van der Waals surface area (Å²) in [7, 11) is 2.03. The van der Waals surface area contributed by atoms with Crippen LogP contribution in [0, 0.1) is 6.92 Å². The van der Waals surface area contributed by atoms with Crippen molar-refractivity contribution in [1.82, 2.24) is 9.55 Å². The second kappa shape index (κ2) is 5.21. The molecule has 0 unspecified atom stereocenters. The lowest BCUT2D eigenvalue weighted by Crippen LogP contribution is -1.96. The minimum Gasteiger partial charge on any atom is -0.438 e. The first-order chi connectivity index (χ1) is 9.75. The second-order valence-corrected chi connectivity index (χ2v) is 4.73. The topological polar surface area (TPSA) is 27.1 Å². The number of para-hydroxylation sites is 1. The molecule has 3 rings (SSSR count). The Hall–Kier alpha value is -2.55. The molecule has 1 aromatic carbocycles. The molecule has 0 aliphatic carbocycles. The van der Waals surface area contributed by atoms with Gasteiger partial charge in [0.1, 0.15) is 5.75 Å². The van der Waals surface area contributed by atoms with Crippen LogP contribution in [0.15, 0.2) is 60.9 Å². The molecule has 3 heteroatoms. The van der Waals surface area contributed by atoms with Gasteiger partial charge in [0, 0.05) is 31.1 Å². The third-order valence-electron chi connectivity index (χ3n) is 3.28. The van der Waals surface area contributed by atoms with Gasteiger partial charge in [0.05, 0.1) is 5.69 Å². The van der Waals surface area contributed by atoms with Gasteiger partial charge in [-0.2, -0.15) is 0 Å². The SMILES string of the molecule is Cc1cccc(-c2cccn2C)c1Oc1ccccn1. The number of aromatic nitrogens is 2. The maximum Gasteiger partial charge on any atom is 0.219 e. The Morgan fingerprint density at radius 3 is 2.60 bits per heavy atom. The van der Waals surface area contributed by atoms with Crippen molar-refractivity contribution in [1.29, 1.82) is 0 Å². The number of pyridine rings is 1. The summed E-state index contributed by atoms with van der Waals surface area (Å²) in [6, 6.07) is 15.9. The largest absolute Gasteiger partial charge is 0.438 e. The standard InChI is InChI=1S/C17H16N2O/c1-13-7-5-8-14(15-9-6-12-19(15)2)17(13)20-16-10-3-4-11-18-16/h3-12H,1-2H3. The number of hydrogen-bond acceptors (Lipinski definition) is 2. The van der Waals surface area contributed by atoms with E-state index in [2.05, 4.69) is 21.7 Å². The van der Waals surface area contributed by atoms with Crippen molar-refractivity contribution >= 4 is 0 Å². The van der Waals surface area contributed by atoms with E-state index in [9.17, 15) is 0 Å². The van der Waals surface area contributed by atoms with Crippen LogP contribution < -0.4 is 4.74 Å². The van der Waals surface area contributed by atoms with Crippen LogP contribution >= 0.6 is 0 Å². The Balaban J connectivity index is 2.08. The van der Waals surface area contributed by atoms with Gasteiger partial charge in [0.25, 0.3) is 0 Å². The van der Waals surface area contributed by atoms with E-state index in [4.69, 9.17) is 4.74 Å². The highest BCUT2D eigenvalue weighted by atomic mass is 16.5. The molecule has 0 bridgehead atoms. The van der Waals surface area contributed by atoms with Crippen LogP contribution in [0.4, 0.5) is 0 Å². The van der Waals surface area contributed by atoms with E-state index >= 15 is 0 Å². The lowest BCUT2D eigenvalue weighted by Gasteiger charge is -2.13. The highest BCUT2D eigenvalue weighted by Crippen LogP contribution is 2.35. The predicted molar refractivity (Wildman–Crippen MR) is 79.9 cm³/mol. The van der Waals surface area contributed by atoms with Crippen LogP contribution in [0.2, 0.25) is 0 Å². The number of ether oxygens (including phenoxy) is 1. The monoisotopic (exact) mass is 264 g/mol. The van der Waals surface area contributed by atoms with Gasteiger partial charge in [-0.25, -0.2) is 4.98 Å². The molecule has 0 saturated carbocycles. The van der Waals surface area contributed by atoms with Crippen molar-refractivity contribution in [2.45, 2.75) is 6.92 Å². The average molecular weight is 264 g/mol. The summed E-state index contributed by atoms with van der Waals surface area (Å²) in [5.41, 5.74) is 3.29. The van der Waals surface area contributed by atoms with Gasteiger partial charge in [0.2, 0.25) is 5.88 Å². The summed E-state index contributed by atoms with van der Waals surface area (Å²) in [4.78, 5) is 4.23. The van der Waals surface area contributed by atoms with Crippen LogP contribution in [-0.2, 0) is 7.05 Å². The van der Waals surface area contributed by atoms with Gasteiger partial charge < -0.3 is 9.30 Å². The second-order valence-electron chi connectivity index (χ2n) is 4.73. The van der Waals surface area contributed by atoms with Crippen LogP contribution in [0.3, 0.4) is 0 Å². The Morgan fingerprint density at radius 2 is 1.90 bits per heavy atom. The van der Waals surface area contributed by atoms with Gasteiger partial charge in [0.15, 0.2) is 0 Å². The Bertz CT molecular complexity index is 717. The quantitative estimate of drug-likeness (QED) is 0.709. The molecule has 2 heterocycles. The first-order valence-corrected chi connectivity index (χ1v) is 6.56. The number of aryl methyl sites for hydroxylation is 2. The highest BCUT2D eigenvalue weighted by molar-refractivity contribution is 5.70. The van der Waals surface area contributed by atoms with E-state index < -0.39 is 0 Å². The summed E-state index contributed by atoms with van der Waals surface area (Å²) >= 11 is 0. The van der Waals surface area contributed by atoms with Crippen molar-refractivity contribution in [3.63, 3.8) is 0 Å². The van der Waals surface area contributed by atoms with Gasteiger partial charge in [-0.1, -0.05) is 18.2 Å². The van der Waals surface area contributed by atoms with E-state index in [1.165, 1.54) is 0 Å². The highest BCUT2D eigenvalue weighted by Gasteiger charge is 2.12. The maximum absolute atomic E-state index is 5.99. The zero-order chi connectivity index (χ0) is 13.9. The molecule has 0 N–H and O–H groups in total. The summed E-state index contributed by atoms with van der Waals surface area (Å²) in [5, 5.41) is 0. The first-order valence-electron chi connectivity index (χ1n) is 6.56. The molecule has 0 radical (unpaired) electrons. The van der Waals surface area contributed by atoms with Crippen molar-refractivity contribution in [3.8, 4) is 22.9 Å². The molecule has 2 aromatic heterocycles. The molecule has 0 saturated heterocycles. The van der Waals surface area contributed by atoms with Gasteiger partial charge in [-0.15, -0.1) is 0 Å². The molecule has 0 atom stereocenters. The molecule has 3 aromatic rings. The third-order valence-corrected chi connectivity index (χ3v) is 3.28. The lowest BCUT2D eigenvalue weighted by molar-refractivity contribution is 0.461. The van der Waals surface area contributed by atoms with Gasteiger partial charge >= 0.3 is 0 Å². The fourth-order valence-electron chi connectivity index (χ4n) is 2.24. The van der Waals surface area contributed by atoms with Crippen molar-refractivity contribution in [2.24, 2.45) is 7.05 Å². The Labute approximate surface area is 118 Å². The molecule has 0 aliphatic rings. The number of rotatable bonds is 3. The molecule has 100 valence electrons. The zero-order valence-corrected chi connectivity index (χ0v) is 11.6. The van der Waals surface area contributed by atoms with Gasteiger partial charge in [-0.05, 0) is 36.8 Å². The molecule has 0 spiro atoms. The number of hydrogen-bond donors (Lipinski definition) is 0. The van der Waals surface area contributed by atoms with Crippen LogP contribution in [0.25, 0.3) is 11.3 Å². The normalized spacial score (nSPS) is 10.5. The van der Waals surface area contributed by atoms with E-state index in [0.29, 0.717) is 5.88 Å². The number of nitrogens with zero attached hydrogens (tertiary/aromatic N) is 2.